The van der Waals surface area contributed by atoms with E-state index in [0.717, 1.165) is 19.6 Å². The molecular formula is C17H28N2. The molecule has 1 aromatic carbocycles. The maximum atomic E-state index is 3.63. The van der Waals surface area contributed by atoms with Crippen molar-refractivity contribution in [1.82, 2.24) is 5.32 Å². The van der Waals surface area contributed by atoms with Crippen LogP contribution in [0.25, 0.3) is 0 Å². The number of benzene rings is 1. The topological polar surface area (TPSA) is 15.3 Å². The number of rotatable bonds is 4. The van der Waals surface area contributed by atoms with Gasteiger partial charge in [-0.25, -0.2) is 0 Å². The van der Waals surface area contributed by atoms with Crippen molar-refractivity contribution in [1.29, 1.82) is 0 Å². The molecule has 0 atom stereocenters. The maximum absolute atomic E-state index is 3.63. The lowest BCUT2D eigenvalue weighted by Crippen LogP contribution is -2.46. The van der Waals surface area contributed by atoms with Crippen LogP contribution < -0.4 is 10.2 Å². The standard InChI is InChI=1S/C17H28N2/c1-16(2,3)18-12-17(4,5)13-19-11-10-14-8-6-7-9-15(14)19/h6-9,18H,10-13H2,1-5H3. The van der Waals surface area contributed by atoms with Gasteiger partial charge >= 0.3 is 0 Å². The molecule has 0 saturated carbocycles. The Labute approximate surface area is 118 Å². The highest BCUT2D eigenvalue weighted by molar-refractivity contribution is 5.57. The summed E-state index contributed by atoms with van der Waals surface area (Å²) >= 11 is 0. The summed E-state index contributed by atoms with van der Waals surface area (Å²) in [4.78, 5) is 2.54. The highest BCUT2D eigenvalue weighted by Gasteiger charge is 2.27. The second-order valence-corrected chi connectivity index (χ2v) is 7.57. The summed E-state index contributed by atoms with van der Waals surface area (Å²) in [7, 11) is 0. The third-order valence-electron chi connectivity index (χ3n) is 3.70. The lowest BCUT2D eigenvalue weighted by molar-refractivity contribution is 0.293. The smallest absolute Gasteiger partial charge is 0.0399 e. The number of nitrogens with one attached hydrogen (secondary N) is 1. The van der Waals surface area contributed by atoms with Crippen molar-refractivity contribution in [2.24, 2.45) is 5.41 Å². The Morgan fingerprint density at radius 1 is 1.11 bits per heavy atom. The summed E-state index contributed by atoms with van der Waals surface area (Å²) < 4.78 is 0. The van der Waals surface area contributed by atoms with Crippen LogP contribution in [0.3, 0.4) is 0 Å². The monoisotopic (exact) mass is 260 g/mol. The average Bonchev–Trinajstić information content (AvgIpc) is 2.69. The van der Waals surface area contributed by atoms with Crippen molar-refractivity contribution in [3.8, 4) is 0 Å². The zero-order chi connectivity index (χ0) is 14.1. The lowest BCUT2D eigenvalue weighted by Gasteiger charge is -2.34. The van der Waals surface area contributed by atoms with Gasteiger partial charge in [-0.1, -0.05) is 32.0 Å². The van der Waals surface area contributed by atoms with E-state index in [4.69, 9.17) is 0 Å². The molecule has 0 bridgehead atoms. The summed E-state index contributed by atoms with van der Waals surface area (Å²) in [5.74, 6) is 0. The molecule has 2 heteroatoms. The quantitative estimate of drug-likeness (QED) is 0.892. The first-order chi connectivity index (χ1) is 8.77. The molecule has 2 nitrogen and oxygen atoms in total. The van der Waals surface area contributed by atoms with E-state index in [-0.39, 0.29) is 11.0 Å². The zero-order valence-electron chi connectivity index (χ0n) is 13.1. The highest BCUT2D eigenvalue weighted by Crippen LogP contribution is 2.30. The molecule has 19 heavy (non-hydrogen) atoms. The second kappa shape index (κ2) is 5.16. The first-order valence-electron chi connectivity index (χ1n) is 7.35. The van der Waals surface area contributed by atoms with Crippen LogP contribution in [0, 0.1) is 5.41 Å². The number of fused-ring (bicyclic) bond motifs is 1. The van der Waals surface area contributed by atoms with Crippen molar-refractivity contribution < 1.29 is 0 Å². The molecule has 1 heterocycles. The van der Waals surface area contributed by atoms with Gasteiger partial charge in [0, 0.05) is 30.9 Å². The van der Waals surface area contributed by atoms with E-state index in [2.05, 4.69) is 69.1 Å². The molecule has 1 aliphatic rings. The molecule has 0 radical (unpaired) electrons. The number of anilines is 1. The van der Waals surface area contributed by atoms with Crippen molar-refractivity contribution in [3.05, 3.63) is 29.8 Å². The normalized spacial score (nSPS) is 15.7. The fourth-order valence-corrected chi connectivity index (χ4v) is 2.65. The predicted octanol–water partition coefficient (Wildman–Crippen LogP) is 3.46. The van der Waals surface area contributed by atoms with Gasteiger partial charge < -0.3 is 10.2 Å². The van der Waals surface area contributed by atoms with Crippen LogP contribution >= 0.6 is 0 Å². The fraction of sp³-hybridized carbons (Fsp3) is 0.647. The molecule has 1 aliphatic heterocycles. The molecule has 1 aromatic rings. The van der Waals surface area contributed by atoms with E-state index in [1.54, 1.807) is 0 Å². The number of hydrogen-bond donors (Lipinski definition) is 1. The van der Waals surface area contributed by atoms with Gasteiger partial charge in [0.05, 0.1) is 0 Å². The van der Waals surface area contributed by atoms with Crippen LogP contribution in [-0.4, -0.2) is 25.2 Å². The van der Waals surface area contributed by atoms with E-state index < -0.39 is 0 Å². The van der Waals surface area contributed by atoms with Crippen LogP contribution in [0.15, 0.2) is 24.3 Å². The first kappa shape index (κ1) is 14.4. The van der Waals surface area contributed by atoms with Crippen LogP contribution in [-0.2, 0) is 6.42 Å². The second-order valence-electron chi connectivity index (χ2n) is 7.57. The molecule has 0 aromatic heterocycles. The Hall–Kier alpha value is -1.02. The van der Waals surface area contributed by atoms with Crippen molar-refractivity contribution >= 4 is 5.69 Å². The van der Waals surface area contributed by atoms with Crippen LogP contribution in [0.4, 0.5) is 5.69 Å². The van der Waals surface area contributed by atoms with Crippen molar-refractivity contribution in [3.63, 3.8) is 0 Å². The van der Waals surface area contributed by atoms with Gasteiger partial charge in [-0.3, -0.25) is 0 Å². The van der Waals surface area contributed by atoms with Crippen LogP contribution in [0.2, 0.25) is 0 Å². The SMILES string of the molecule is CC(C)(CNC(C)(C)C)CN1CCc2ccccc21. The van der Waals surface area contributed by atoms with E-state index >= 15 is 0 Å². The van der Waals surface area contributed by atoms with Gasteiger partial charge in [-0.15, -0.1) is 0 Å². The molecule has 0 aliphatic carbocycles. The number of para-hydroxylation sites is 1. The third-order valence-corrected chi connectivity index (χ3v) is 3.70. The molecule has 0 spiro atoms. The minimum Gasteiger partial charge on any atom is -0.370 e. The third kappa shape index (κ3) is 3.97. The first-order valence-corrected chi connectivity index (χ1v) is 7.35. The van der Waals surface area contributed by atoms with E-state index in [1.165, 1.54) is 17.7 Å². The Morgan fingerprint density at radius 2 is 1.79 bits per heavy atom. The average molecular weight is 260 g/mol. The molecule has 0 fully saturated rings. The Bertz CT molecular complexity index is 429. The maximum Gasteiger partial charge on any atom is 0.0399 e. The van der Waals surface area contributed by atoms with E-state index in [9.17, 15) is 0 Å². The van der Waals surface area contributed by atoms with Crippen LogP contribution in [0.5, 0.6) is 0 Å². The summed E-state index contributed by atoms with van der Waals surface area (Å²) in [5, 5.41) is 3.63. The van der Waals surface area contributed by atoms with Crippen molar-refractivity contribution in [2.75, 3.05) is 24.5 Å². The van der Waals surface area contributed by atoms with Gasteiger partial charge in [0.25, 0.3) is 0 Å². The van der Waals surface area contributed by atoms with Gasteiger partial charge in [-0.2, -0.15) is 0 Å². The fourth-order valence-electron chi connectivity index (χ4n) is 2.65. The molecule has 2 rings (SSSR count). The summed E-state index contributed by atoms with van der Waals surface area (Å²) in [6.07, 6.45) is 1.19. The van der Waals surface area contributed by atoms with E-state index in [0.29, 0.717) is 0 Å². The van der Waals surface area contributed by atoms with Gasteiger partial charge in [0.15, 0.2) is 0 Å². The highest BCUT2D eigenvalue weighted by atomic mass is 15.2. The van der Waals surface area contributed by atoms with E-state index in [1.807, 2.05) is 0 Å². The number of hydrogen-bond acceptors (Lipinski definition) is 2. The molecular weight excluding hydrogens is 232 g/mol. The van der Waals surface area contributed by atoms with Crippen molar-refractivity contribution in [2.45, 2.75) is 46.6 Å². The predicted molar refractivity (Wildman–Crippen MR) is 83.9 cm³/mol. The molecule has 106 valence electrons. The summed E-state index contributed by atoms with van der Waals surface area (Å²) in [6.45, 7) is 14.7. The number of nitrogens with zero attached hydrogens (tertiary/aromatic N) is 1. The zero-order valence-corrected chi connectivity index (χ0v) is 13.1. The Kier molecular flexibility index (Phi) is 3.91. The molecule has 0 unspecified atom stereocenters. The molecule has 1 N–H and O–H groups in total. The van der Waals surface area contributed by atoms with Gasteiger partial charge in [0.2, 0.25) is 0 Å². The largest absolute Gasteiger partial charge is 0.370 e. The minimum absolute atomic E-state index is 0.195. The summed E-state index contributed by atoms with van der Waals surface area (Å²) in [6, 6.07) is 8.82. The molecule has 0 saturated heterocycles. The minimum atomic E-state index is 0.195. The van der Waals surface area contributed by atoms with Crippen LogP contribution in [0.1, 0.15) is 40.2 Å². The Balaban J connectivity index is 1.98. The Morgan fingerprint density at radius 3 is 2.47 bits per heavy atom. The van der Waals surface area contributed by atoms with Gasteiger partial charge in [-0.05, 0) is 44.2 Å². The molecule has 0 amide bonds. The lowest BCUT2D eigenvalue weighted by atomic mass is 9.91. The van der Waals surface area contributed by atoms with Gasteiger partial charge in [0.1, 0.15) is 0 Å². The summed E-state index contributed by atoms with van der Waals surface area (Å²) in [5.41, 5.74) is 3.42.